The lowest BCUT2D eigenvalue weighted by Gasteiger charge is -2.23. The lowest BCUT2D eigenvalue weighted by molar-refractivity contribution is -0.0367. The third-order valence-corrected chi connectivity index (χ3v) is 3.18. The quantitative estimate of drug-likeness (QED) is 0.876. The van der Waals surface area contributed by atoms with Gasteiger partial charge in [0, 0.05) is 18.2 Å². The van der Waals surface area contributed by atoms with Crippen LogP contribution in [0.25, 0.3) is 10.9 Å². The van der Waals surface area contributed by atoms with Crippen molar-refractivity contribution in [3.05, 3.63) is 24.2 Å². The summed E-state index contributed by atoms with van der Waals surface area (Å²) in [6.45, 7) is 0.720. The van der Waals surface area contributed by atoms with Crippen molar-refractivity contribution in [2.75, 3.05) is 6.61 Å². The minimum absolute atomic E-state index is 0.109. The van der Waals surface area contributed by atoms with Crippen molar-refractivity contribution < 1.29 is 14.6 Å². The molecule has 0 saturated carbocycles. The number of fused-ring (bicyclic) bond motifs is 1. The third-order valence-electron chi connectivity index (χ3n) is 3.18. The van der Waals surface area contributed by atoms with Gasteiger partial charge in [0.2, 0.25) is 0 Å². The molecule has 0 bridgehead atoms. The van der Waals surface area contributed by atoms with E-state index < -0.39 is 5.97 Å². The summed E-state index contributed by atoms with van der Waals surface area (Å²) < 4.78 is 7.39. The first-order valence-corrected chi connectivity index (χ1v) is 5.93. The first-order chi connectivity index (χ1) is 8.77. The van der Waals surface area contributed by atoms with Crippen LogP contribution in [-0.2, 0) is 4.74 Å². The number of aromatic carboxylic acids is 1. The van der Waals surface area contributed by atoms with Gasteiger partial charge in [0.15, 0.2) is 6.23 Å². The van der Waals surface area contributed by atoms with Crippen LogP contribution in [0.1, 0.15) is 35.8 Å². The van der Waals surface area contributed by atoms with Crippen molar-refractivity contribution in [3.63, 3.8) is 0 Å². The average Bonchev–Trinajstić information content (AvgIpc) is 2.83. The van der Waals surface area contributed by atoms with Crippen molar-refractivity contribution in [1.29, 1.82) is 0 Å². The van der Waals surface area contributed by atoms with Crippen LogP contribution in [0.2, 0.25) is 0 Å². The Morgan fingerprint density at radius 1 is 1.39 bits per heavy atom. The molecule has 3 heterocycles. The fourth-order valence-electron chi connectivity index (χ4n) is 2.28. The van der Waals surface area contributed by atoms with E-state index in [-0.39, 0.29) is 11.8 Å². The molecule has 1 N–H and O–H groups in total. The lowest BCUT2D eigenvalue weighted by atomic mass is 10.1. The Balaban J connectivity index is 2.08. The highest BCUT2D eigenvalue weighted by atomic mass is 16.5. The van der Waals surface area contributed by atoms with Crippen molar-refractivity contribution in [2.24, 2.45) is 0 Å². The number of nitrogens with zero attached hydrogens (tertiary/aromatic N) is 3. The molecule has 94 valence electrons. The van der Waals surface area contributed by atoms with Gasteiger partial charge in [-0.05, 0) is 19.3 Å². The summed E-state index contributed by atoms with van der Waals surface area (Å²) >= 11 is 0. The highest BCUT2D eigenvalue weighted by Gasteiger charge is 2.20. The van der Waals surface area contributed by atoms with Crippen LogP contribution in [0.15, 0.2) is 18.6 Å². The van der Waals surface area contributed by atoms with E-state index in [9.17, 15) is 4.79 Å². The summed E-state index contributed by atoms with van der Waals surface area (Å²) in [4.78, 5) is 15.1. The second kappa shape index (κ2) is 4.38. The van der Waals surface area contributed by atoms with E-state index in [1.165, 1.54) is 6.20 Å². The van der Waals surface area contributed by atoms with Crippen LogP contribution in [0.3, 0.4) is 0 Å². The summed E-state index contributed by atoms with van der Waals surface area (Å²) in [7, 11) is 0. The van der Waals surface area contributed by atoms with E-state index in [2.05, 4.69) is 10.1 Å². The minimum Gasteiger partial charge on any atom is -0.478 e. The molecule has 0 aromatic carbocycles. The molecule has 6 heteroatoms. The van der Waals surface area contributed by atoms with Crippen molar-refractivity contribution in [3.8, 4) is 0 Å². The molecule has 1 unspecified atom stereocenters. The molecule has 0 aliphatic carbocycles. The largest absolute Gasteiger partial charge is 0.478 e. The Morgan fingerprint density at radius 3 is 3.00 bits per heavy atom. The number of carboxylic acids is 1. The Hall–Kier alpha value is -1.95. The monoisotopic (exact) mass is 247 g/mol. The number of carbonyl (C=O) groups is 1. The first kappa shape index (κ1) is 11.2. The molecule has 1 atom stereocenters. The van der Waals surface area contributed by atoms with Gasteiger partial charge < -0.3 is 9.84 Å². The second-order valence-corrected chi connectivity index (χ2v) is 4.34. The average molecular weight is 247 g/mol. The van der Waals surface area contributed by atoms with Crippen LogP contribution < -0.4 is 0 Å². The van der Waals surface area contributed by atoms with Gasteiger partial charge >= 0.3 is 5.97 Å². The van der Waals surface area contributed by atoms with Gasteiger partial charge in [-0.15, -0.1) is 0 Å². The van der Waals surface area contributed by atoms with E-state index in [4.69, 9.17) is 9.84 Å². The Kier molecular flexibility index (Phi) is 2.71. The van der Waals surface area contributed by atoms with Crippen LogP contribution in [0.4, 0.5) is 0 Å². The summed E-state index contributed by atoms with van der Waals surface area (Å²) in [5, 5.41) is 13.9. The molecule has 2 aromatic rings. The highest BCUT2D eigenvalue weighted by molar-refractivity contribution is 6.01. The van der Waals surface area contributed by atoms with Gasteiger partial charge in [-0.3, -0.25) is 4.98 Å². The molecule has 0 radical (unpaired) electrons. The summed E-state index contributed by atoms with van der Waals surface area (Å²) in [6.07, 6.45) is 7.49. The molecule has 18 heavy (non-hydrogen) atoms. The standard InChI is InChI=1S/C12H13N3O3/c16-12(17)9-5-13-7-10-8(9)6-14-15(10)11-3-1-2-4-18-11/h5-7,11H,1-4H2,(H,16,17). The third kappa shape index (κ3) is 1.74. The Bertz CT molecular complexity index is 587. The zero-order valence-corrected chi connectivity index (χ0v) is 9.74. The van der Waals surface area contributed by atoms with Crippen molar-refractivity contribution in [1.82, 2.24) is 14.8 Å². The number of aromatic nitrogens is 3. The second-order valence-electron chi connectivity index (χ2n) is 4.34. The Morgan fingerprint density at radius 2 is 2.28 bits per heavy atom. The van der Waals surface area contributed by atoms with Gasteiger partial charge in [0.25, 0.3) is 0 Å². The maximum absolute atomic E-state index is 11.1. The molecular formula is C12H13N3O3. The summed E-state index contributed by atoms with van der Waals surface area (Å²) in [6, 6.07) is 0. The Labute approximate surface area is 103 Å². The molecular weight excluding hydrogens is 234 g/mol. The molecule has 1 fully saturated rings. The van der Waals surface area contributed by atoms with Crippen LogP contribution >= 0.6 is 0 Å². The fraction of sp³-hybridized carbons (Fsp3) is 0.417. The minimum atomic E-state index is -0.989. The molecule has 1 aliphatic rings. The number of hydrogen-bond donors (Lipinski definition) is 1. The number of pyridine rings is 1. The van der Waals surface area contributed by atoms with E-state index in [1.807, 2.05) is 0 Å². The summed E-state index contributed by atoms with van der Waals surface area (Å²) in [5.74, 6) is -0.989. The number of hydrogen-bond acceptors (Lipinski definition) is 4. The van der Waals surface area contributed by atoms with Gasteiger partial charge in [-0.2, -0.15) is 5.10 Å². The number of carboxylic acid groups (broad SMARTS) is 1. The van der Waals surface area contributed by atoms with Gasteiger partial charge in [0.1, 0.15) is 0 Å². The van der Waals surface area contributed by atoms with Gasteiger partial charge in [0.05, 0.1) is 23.5 Å². The molecule has 0 spiro atoms. The lowest BCUT2D eigenvalue weighted by Crippen LogP contribution is -2.19. The van der Waals surface area contributed by atoms with Crippen LogP contribution in [-0.4, -0.2) is 32.4 Å². The molecule has 3 rings (SSSR count). The zero-order chi connectivity index (χ0) is 12.5. The van der Waals surface area contributed by atoms with Crippen LogP contribution in [0, 0.1) is 0 Å². The molecule has 1 saturated heterocycles. The van der Waals surface area contributed by atoms with E-state index >= 15 is 0 Å². The topological polar surface area (TPSA) is 77.2 Å². The maximum atomic E-state index is 11.1. The molecule has 2 aromatic heterocycles. The van der Waals surface area contributed by atoms with Gasteiger partial charge in [-0.1, -0.05) is 0 Å². The SMILES string of the molecule is O=C(O)c1cncc2c1cnn2C1CCCCO1. The number of rotatable bonds is 2. The van der Waals surface area contributed by atoms with Crippen molar-refractivity contribution in [2.45, 2.75) is 25.5 Å². The highest BCUT2D eigenvalue weighted by Crippen LogP contribution is 2.26. The molecule has 0 amide bonds. The smallest absolute Gasteiger partial charge is 0.338 e. The van der Waals surface area contributed by atoms with E-state index in [0.717, 1.165) is 25.9 Å². The summed E-state index contributed by atoms with van der Waals surface area (Å²) in [5.41, 5.74) is 0.886. The predicted molar refractivity (Wildman–Crippen MR) is 63.3 cm³/mol. The molecule has 6 nitrogen and oxygen atoms in total. The normalized spacial score (nSPS) is 20.1. The van der Waals surface area contributed by atoms with Crippen LogP contribution in [0.5, 0.6) is 0 Å². The molecule has 1 aliphatic heterocycles. The zero-order valence-electron chi connectivity index (χ0n) is 9.74. The maximum Gasteiger partial charge on any atom is 0.338 e. The van der Waals surface area contributed by atoms with Crippen molar-refractivity contribution >= 4 is 16.9 Å². The first-order valence-electron chi connectivity index (χ1n) is 5.93. The predicted octanol–water partition coefficient (Wildman–Crippen LogP) is 1.83. The fourth-order valence-corrected chi connectivity index (χ4v) is 2.28. The van der Waals surface area contributed by atoms with E-state index in [0.29, 0.717) is 10.9 Å². The van der Waals surface area contributed by atoms with Gasteiger partial charge in [-0.25, -0.2) is 9.48 Å². The number of ether oxygens (including phenoxy) is 1. The van der Waals surface area contributed by atoms with E-state index in [1.54, 1.807) is 17.1 Å².